The number of anilines is 2. The minimum absolute atomic E-state index is 0. The number of nitrogens with two attached hydrogens (primary N) is 1. The predicted molar refractivity (Wildman–Crippen MR) is 116 cm³/mol. The van der Waals surface area contributed by atoms with Crippen LogP contribution in [0.5, 0.6) is 0 Å². The van der Waals surface area contributed by atoms with Gasteiger partial charge in [-0.2, -0.15) is 0 Å². The molecule has 3 N–H and O–H groups in total. The van der Waals surface area contributed by atoms with Gasteiger partial charge in [0.25, 0.3) is 10.0 Å². The third-order valence-corrected chi connectivity index (χ3v) is 6.88. The molecule has 0 aliphatic heterocycles. The lowest BCUT2D eigenvalue weighted by molar-refractivity contribution is -0.125. The molecule has 0 aromatic heterocycles. The zero-order valence-electron chi connectivity index (χ0n) is 16.4. The van der Waals surface area contributed by atoms with Crippen molar-refractivity contribution in [2.24, 2.45) is 11.1 Å². The van der Waals surface area contributed by atoms with E-state index in [4.69, 9.17) is 5.73 Å². The highest BCUT2D eigenvalue weighted by Crippen LogP contribution is 2.28. The van der Waals surface area contributed by atoms with Gasteiger partial charge in [0.15, 0.2) is 0 Å². The number of hydrogen-bond donors (Lipinski definition) is 2. The number of sulfonamides is 1. The van der Waals surface area contributed by atoms with E-state index >= 15 is 0 Å². The molecule has 2 rings (SSSR count). The summed E-state index contributed by atoms with van der Waals surface area (Å²) in [5, 5.41) is 2.82. The van der Waals surface area contributed by atoms with Gasteiger partial charge in [-0.15, -0.1) is 12.4 Å². The van der Waals surface area contributed by atoms with Crippen LogP contribution in [0.3, 0.4) is 0 Å². The van der Waals surface area contributed by atoms with E-state index in [1.54, 1.807) is 36.4 Å². The molecule has 0 bridgehead atoms. The SMILES string of the molecule is CCC(CC)(CN)C(=O)Nc1cccc(S(=O)(=O)N(C)c2ccccc2)c1.Cl. The van der Waals surface area contributed by atoms with Crippen LogP contribution in [0.4, 0.5) is 11.4 Å². The first-order chi connectivity index (χ1) is 12.8. The maximum absolute atomic E-state index is 12.9. The van der Waals surface area contributed by atoms with Gasteiger partial charge in [-0.05, 0) is 43.2 Å². The van der Waals surface area contributed by atoms with Crippen LogP contribution in [0.15, 0.2) is 59.5 Å². The summed E-state index contributed by atoms with van der Waals surface area (Å²) in [6.07, 6.45) is 1.22. The monoisotopic (exact) mass is 425 g/mol. The van der Waals surface area contributed by atoms with Crippen LogP contribution in [-0.4, -0.2) is 27.9 Å². The fourth-order valence-electron chi connectivity index (χ4n) is 2.89. The maximum atomic E-state index is 12.9. The van der Waals surface area contributed by atoms with Gasteiger partial charge in [0.2, 0.25) is 5.91 Å². The number of nitrogens with one attached hydrogen (secondary N) is 1. The lowest BCUT2D eigenvalue weighted by Gasteiger charge is -2.28. The van der Waals surface area contributed by atoms with Crippen molar-refractivity contribution in [3.8, 4) is 0 Å². The molecular formula is C20H28ClN3O3S. The summed E-state index contributed by atoms with van der Waals surface area (Å²) < 4.78 is 27.1. The predicted octanol–water partition coefficient (Wildman–Crippen LogP) is 3.64. The molecule has 2 aromatic rings. The summed E-state index contributed by atoms with van der Waals surface area (Å²) >= 11 is 0. The fraction of sp³-hybridized carbons (Fsp3) is 0.350. The van der Waals surface area contributed by atoms with Crippen molar-refractivity contribution in [2.45, 2.75) is 31.6 Å². The third-order valence-electron chi connectivity index (χ3n) is 5.10. The van der Waals surface area contributed by atoms with Gasteiger partial charge in [-0.3, -0.25) is 9.10 Å². The Labute approximate surface area is 173 Å². The van der Waals surface area contributed by atoms with Crippen molar-refractivity contribution < 1.29 is 13.2 Å². The standard InChI is InChI=1S/C20H27N3O3S.ClH/c1-4-20(5-2,15-21)19(24)22-16-10-9-13-18(14-16)27(25,26)23(3)17-11-7-6-8-12-17;/h6-14H,4-5,15,21H2,1-3H3,(H,22,24);1H. The number of halogens is 1. The molecule has 0 fully saturated rings. The van der Waals surface area contributed by atoms with Gasteiger partial charge in [0.05, 0.1) is 16.0 Å². The fourth-order valence-corrected chi connectivity index (χ4v) is 4.13. The smallest absolute Gasteiger partial charge is 0.264 e. The highest BCUT2D eigenvalue weighted by molar-refractivity contribution is 7.92. The molecule has 8 heteroatoms. The van der Waals surface area contributed by atoms with E-state index in [-0.39, 0.29) is 29.8 Å². The number of hydrogen-bond acceptors (Lipinski definition) is 4. The number of carbonyl (C=O) groups excluding carboxylic acids is 1. The number of benzene rings is 2. The average Bonchev–Trinajstić information content (AvgIpc) is 2.70. The highest BCUT2D eigenvalue weighted by Gasteiger charge is 2.33. The van der Waals surface area contributed by atoms with Crippen LogP contribution < -0.4 is 15.4 Å². The normalized spacial score (nSPS) is 11.4. The number of amides is 1. The highest BCUT2D eigenvalue weighted by atomic mass is 35.5. The van der Waals surface area contributed by atoms with E-state index in [0.29, 0.717) is 24.2 Å². The van der Waals surface area contributed by atoms with Crippen LogP contribution in [0.2, 0.25) is 0 Å². The zero-order valence-corrected chi connectivity index (χ0v) is 18.0. The second-order valence-corrected chi connectivity index (χ2v) is 8.45. The molecule has 0 saturated carbocycles. The molecule has 1 amide bonds. The first-order valence-electron chi connectivity index (χ1n) is 8.96. The molecular weight excluding hydrogens is 398 g/mol. The van der Waals surface area contributed by atoms with Crippen molar-refractivity contribution in [3.63, 3.8) is 0 Å². The molecule has 2 aromatic carbocycles. The summed E-state index contributed by atoms with van der Waals surface area (Å²) in [5.74, 6) is -0.194. The van der Waals surface area contributed by atoms with E-state index in [1.807, 2.05) is 19.9 Å². The number of para-hydroxylation sites is 1. The molecule has 154 valence electrons. The van der Waals surface area contributed by atoms with Crippen LogP contribution in [0, 0.1) is 5.41 Å². The van der Waals surface area contributed by atoms with Crippen molar-refractivity contribution >= 4 is 39.7 Å². The molecule has 0 atom stereocenters. The summed E-state index contributed by atoms with van der Waals surface area (Å²) in [6.45, 7) is 4.08. The summed E-state index contributed by atoms with van der Waals surface area (Å²) in [4.78, 5) is 12.8. The second-order valence-electron chi connectivity index (χ2n) is 6.48. The quantitative estimate of drug-likeness (QED) is 0.675. The second kappa shape index (κ2) is 9.91. The molecule has 6 nitrogen and oxygen atoms in total. The van der Waals surface area contributed by atoms with Gasteiger partial charge in [0.1, 0.15) is 0 Å². The van der Waals surface area contributed by atoms with Crippen molar-refractivity contribution in [1.82, 2.24) is 0 Å². The molecule has 0 aliphatic rings. The van der Waals surface area contributed by atoms with Crippen molar-refractivity contribution in [3.05, 3.63) is 54.6 Å². The molecule has 0 heterocycles. The Morgan fingerprint density at radius 2 is 1.68 bits per heavy atom. The van der Waals surface area contributed by atoms with Crippen LogP contribution in [0.25, 0.3) is 0 Å². The van der Waals surface area contributed by atoms with Gasteiger partial charge >= 0.3 is 0 Å². The summed E-state index contributed by atoms with van der Waals surface area (Å²) in [5.41, 5.74) is 6.16. The van der Waals surface area contributed by atoms with E-state index in [0.717, 1.165) is 0 Å². The summed E-state index contributed by atoms with van der Waals surface area (Å²) in [6, 6.07) is 15.1. The minimum Gasteiger partial charge on any atom is -0.329 e. The Balaban J connectivity index is 0.00000392. The van der Waals surface area contributed by atoms with Crippen LogP contribution in [0.1, 0.15) is 26.7 Å². The first kappa shape index (κ1) is 23.9. The molecule has 0 aliphatic carbocycles. The van der Waals surface area contributed by atoms with Crippen molar-refractivity contribution in [2.75, 3.05) is 23.2 Å². The average molecular weight is 426 g/mol. The molecule has 0 spiro atoms. The lowest BCUT2D eigenvalue weighted by Crippen LogP contribution is -2.41. The Bertz CT molecular complexity index is 876. The Hall–Kier alpha value is -2.09. The van der Waals surface area contributed by atoms with Gasteiger partial charge in [-0.1, -0.05) is 38.1 Å². The number of carbonyl (C=O) groups is 1. The largest absolute Gasteiger partial charge is 0.329 e. The van der Waals surface area contributed by atoms with E-state index < -0.39 is 15.4 Å². The van der Waals surface area contributed by atoms with E-state index in [2.05, 4.69) is 5.32 Å². The first-order valence-corrected chi connectivity index (χ1v) is 10.4. The Morgan fingerprint density at radius 1 is 1.07 bits per heavy atom. The minimum atomic E-state index is -3.75. The van der Waals surface area contributed by atoms with Gasteiger partial charge in [0, 0.05) is 19.3 Å². The van der Waals surface area contributed by atoms with Crippen molar-refractivity contribution in [1.29, 1.82) is 0 Å². The Kier molecular flexibility index (Phi) is 8.48. The molecule has 0 saturated heterocycles. The Morgan fingerprint density at radius 3 is 2.21 bits per heavy atom. The van der Waals surface area contributed by atoms with Gasteiger partial charge in [-0.25, -0.2) is 8.42 Å². The van der Waals surface area contributed by atoms with Gasteiger partial charge < -0.3 is 11.1 Å². The lowest BCUT2D eigenvalue weighted by atomic mass is 9.81. The molecule has 0 radical (unpaired) electrons. The zero-order chi connectivity index (χ0) is 20.1. The number of rotatable bonds is 8. The third kappa shape index (κ3) is 4.84. The summed E-state index contributed by atoms with van der Waals surface area (Å²) in [7, 11) is -2.24. The molecule has 0 unspecified atom stereocenters. The van der Waals surface area contributed by atoms with E-state index in [1.165, 1.54) is 23.5 Å². The van der Waals surface area contributed by atoms with Crippen LogP contribution >= 0.6 is 12.4 Å². The van der Waals surface area contributed by atoms with E-state index in [9.17, 15) is 13.2 Å². The number of nitrogens with zero attached hydrogens (tertiary/aromatic N) is 1. The topological polar surface area (TPSA) is 92.5 Å². The maximum Gasteiger partial charge on any atom is 0.264 e. The molecule has 28 heavy (non-hydrogen) atoms. The van der Waals surface area contributed by atoms with Crippen LogP contribution in [-0.2, 0) is 14.8 Å².